The number of carbonyl (C=O) groups is 1. The van der Waals surface area contributed by atoms with Crippen molar-refractivity contribution < 1.29 is 20.1 Å². The summed E-state index contributed by atoms with van der Waals surface area (Å²) in [6.07, 6.45) is 33.0. The number of unbranched alkanes of at least 4 members (excludes halogenated alkanes) is 18. The molecule has 0 aromatic carbocycles. The van der Waals surface area contributed by atoms with Crippen LogP contribution in [-0.4, -0.2) is 46.1 Å². The first-order valence-corrected chi connectivity index (χ1v) is 16.6. The van der Waals surface area contributed by atoms with E-state index >= 15 is 0 Å². The van der Waals surface area contributed by atoms with Crippen LogP contribution in [0.2, 0.25) is 0 Å². The molecule has 0 aromatic heterocycles. The average molecular weight is 552 g/mol. The van der Waals surface area contributed by atoms with Gasteiger partial charge in [-0.3, -0.25) is 4.79 Å². The van der Waals surface area contributed by atoms with Gasteiger partial charge in [0.2, 0.25) is 5.91 Å². The minimum absolute atomic E-state index is 0.00830. The summed E-state index contributed by atoms with van der Waals surface area (Å²) >= 11 is 0. The second kappa shape index (κ2) is 29.8. The largest absolute Gasteiger partial charge is 0.394 e. The van der Waals surface area contributed by atoms with Gasteiger partial charge < -0.3 is 20.6 Å². The van der Waals surface area contributed by atoms with Gasteiger partial charge >= 0.3 is 0 Å². The number of aliphatic hydroxyl groups is 3. The summed E-state index contributed by atoms with van der Waals surface area (Å²) in [5, 5.41) is 32.8. The normalized spacial score (nSPS) is 14.3. The first-order valence-electron chi connectivity index (χ1n) is 16.6. The molecule has 3 unspecified atom stereocenters. The molecule has 0 aliphatic heterocycles. The fourth-order valence-electron chi connectivity index (χ4n) is 4.88. The van der Waals surface area contributed by atoms with E-state index in [1.54, 1.807) is 6.08 Å². The van der Waals surface area contributed by atoms with E-state index in [0.29, 0.717) is 6.42 Å². The molecule has 0 aliphatic carbocycles. The fraction of sp³-hybridized carbons (Fsp3) is 0.853. The lowest BCUT2D eigenvalue weighted by Gasteiger charge is -2.21. The zero-order valence-electron chi connectivity index (χ0n) is 25.8. The maximum atomic E-state index is 12.3. The van der Waals surface area contributed by atoms with Gasteiger partial charge in [-0.1, -0.05) is 147 Å². The van der Waals surface area contributed by atoms with Crippen LogP contribution in [0.15, 0.2) is 24.3 Å². The van der Waals surface area contributed by atoms with Gasteiger partial charge in [-0.15, -0.1) is 0 Å². The summed E-state index contributed by atoms with van der Waals surface area (Å²) in [6, 6.07) is -0.753. The molecule has 0 bridgehead atoms. The second-order valence-corrected chi connectivity index (χ2v) is 11.4. The van der Waals surface area contributed by atoms with Crippen LogP contribution in [0, 0.1) is 0 Å². The van der Waals surface area contributed by atoms with Crippen molar-refractivity contribution in [3.05, 3.63) is 24.3 Å². The molecular weight excluding hydrogens is 486 g/mol. The molecule has 0 heterocycles. The highest BCUT2D eigenvalue weighted by atomic mass is 16.3. The maximum Gasteiger partial charge on any atom is 0.222 e. The molecule has 0 saturated heterocycles. The van der Waals surface area contributed by atoms with Crippen LogP contribution in [0.25, 0.3) is 0 Å². The Hall–Kier alpha value is -1.17. The minimum atomic E-state index is -0.944. The molecular formula is C34H65NO4. The van der Waals surface area contributed by atoms with Crippen LogP contribution in [0.3, 0.4) is 0 Å². The highest BCUT2D eigenvalue weighted by molar-refractivity contribution is 5.76. The van der Waals surface area contributed by atoms with E-state index < -0.39 is 18.2 Å². The van der Waals surface area contributed by atoms with Crippen LogP contribution < -0.4 is 5.32 Å². The van der Waals surface area contributed by atoms with Gasteiger partial charge in [-0.05, 0) is 32.1 Å². The molecule has 4 N–H and O–H groups in total. The Morgan fingerprint density at radius 3 is 1.64 bits per heavy atom. The lowest BCUT2D eigenvalue weighted by molar-refractivity contribution is -0.124. The number of carbonyl (C=O) groups excluding carboxylic acids is 1. The highest BCUT2D eigenvalue weighted by Gasteiger charge is 2.20. The number of allylic oxidation sites excluding steroid dienone is 3. The van der Waals surface area contributed by atoms with Crippen LogP contribution in [0.4, 0.5) is 0 Å². The van der Waals surface area contributed by atoms with E-state index in [4.69, 9.17) is 0 Å². The van der Waals surface area contributed by atoms with Gasteiger partial charge in [0.05, 0.1) is 31.3 Å². The lowest BCUT2D eigenvalue weighted by Crippen LogP contribution is -2.45. The summed E-state index contributed by atoms with van der Waals surface area (Å²) in [7, 11) is 0. The molecule has 5 nitrogen and oxygen atoms in total. The summed E-state index contributed by atoms with van der Waals surface area (Å²) in [5.74, 6) is -0.329. The maximum absolute atomic E-state index is 12.3. The van der Waals surface area contributed by atoms with E-state index in [1.807, 2.05) is 6.08 Å². The van der Waals surface area contributed by atoms with Crippen LogP contribution in [0.5, 0.6) is 0 Å². The Morgan fingerprint density at radius 1 is 0.641 bits per heavy atom. The molecule has 0 aromatic rings. The van der Waals surface area contributed by atoms with Gasteiger partial charge in [0.25, 0.3) is 0 Å². The smallest absolute Gasteiger partial charge is 0.222 e. The summed E-state index contributed by atoms with van der Waals surface area (Å²) in [4.78, 5) is 12.3. The Balaban J connectivity index is 3.75. The minimum Gasteiger partial charge on any atom is -0.394 e. The molecule has 0 saturated carbocycles. The predicted octanol–water partition coefficient (Wildman–Crippen LogP) is 8.31. The third-order valence-electron chi connectivity index (χ3n) is 7.49. The molecule has 230 valence electrons. The Morgan fingerprint density at radius 2 is 1.10 bits per heavy atom. The summed E-state index contributed by atoms with van der Waals surface area (Å²) in [6.45, 7) is 4.12. The van der Waals surface area contributed by atoms with Crippen molar-refractivity contribution >= 4 is 5.91 Å². The molecule has 3 atom stereocenters. The van der Waals surface area contributed by atoms with Crippen LogP contribution >= 0.6 is 0 Å². The Bertz CT molecular complexity index is 578. The zero-order valence-corrected chi connectivity index (χ0v) is 25.8. The monoisotopic (exact) mass is 551 g/mol. The number of aliphatic hydroxyl groups excluding tert-OH is 3. The van der Waals surface area contributed by atoms with Gasteiger partial charge in [-0.2, -0.15) is 0 Å². The molecule has 0 fully saturated rings. The Kier molecular flexibility index (Phi) is 28.9. The van der Waals surface area contributed by atoms with Crippen LogP contribution in [-0.2, 0) is 4.79 Å². The van der Waals surface area contributed by atoms with Crippen molar-refractivity contribution in [1.82, 2.24) is 5.32 Å². The molecule has 0 rings (SSSR count). The van der Waals surface area contributed by atoms with Crippen molar-refractivity contribution in [3.8, 4) is 0 Å². The molecule has 5 heteroatoms. The third-order valence-corrected chi connectivity index (χ3v) is 7.49. The molecule has 0 radical (unpaired) electrons. The van der Waals surface area contributed by atoms with Crippen LogP contribution in [0.1, 0.15) is 162 Å². The average Bonchev–Trinajstić information content (AvgIpc) is 2.92. The van der Waals surface area contributed by atoms with Gasteiger partial charge in [0, 0.05) is 0 Å². The zero-order chi connectivity index (χ0) is 28.8. The second-order valence-electron chi connectivity index (χ2n) is 11.4. The molecule has 39 heavy (non-hydrogen) atoms. The van der Waals surface area contributed by atoms with Gasteiger partial charge in [-0.25, -0.2) is 0 Å². The fourth-order valence-corrected chi connectivity index (χ4v) is 4.88. The van der Waals surface area contributed by atoms with E-state index in [9.17, 15) is 20.1 Å². The van der Waals surface area contributed by atoms with Crippen molar-refractivity contribution in [2.75, 3.05) is 6.61 Å². The van der Waals surface area contributed by atoms with Gasteiger partial charge in [0.15, 0.2) is 0 Å². The standard InChI is InChI=1S/C34H65NO4/c1-3-5-7-9-11-13-14-15-16-17-18-20-21-23-25-27-31(37)29-34(39)35-32(30-36)33(38)28-26-24-22-19-12-10-8-6-4-2/h12,19,26,28,31-33,36-38H,3-11,13-18,20-25,27,29-30H2,1-2H3,(H,35,39)/b19-12+,28-26+. The SMILES string of the molecule is CCCCC/C=C/CC/C=C/C(O)C(CO)NC(=O)CC(O)CCCCCCCCCCCCCCCCC. The highest BCUT2D eigenvalue weighted by Crippen LogP contribution is 2.14. The summed E-state index contributed by atoms with van der Waals surface area (Å²) in [5.41, 5.74) is 0. The lowest BCUT2D eigenvalue weighted by atomic mass is 10.0. The van der Waals surface area contributed by atoms with Crippen molar-refractivity contribution in [2.45, 2.75) is 180 Å². The first kappa shape index (κ1) is 37.8. The number of hydrogen-bond donors (Lipinski definition) is 4. The summed E-state index contributed by atoms with van der Waals surface area (Å²) < 4.78 is 0. The topological polar surface area (TPSA) is 89.8 Å². The third kappa shape index (κ3) is 26.8. The number of nitrogens with one attached hydrogen (secondary N) is 1. The van der Waals surface area contributed by atoms with Gasteiger partial charge in [0.1, 0.15) is 0 Å². The van der Waals surface area contributed by atoms with Crippen molar-refractivity contribution in [1.29, 1.82) is 0 Å². The van der Waals surface area contributed by atoms with E-state index in [0.717, 1.165) is 32.1 Å². The molecule has 0 spiro atoms. The Labute approximate surface area is 241 Å². The van der Waals surface area contributed by atoms with Crippen molar-refractivity contribution in [2.24, 2.45) is 0 Å². The molecule has 0 aliphatic rings. The van der Waals surface area contributed by atoms with E-state index in [1.165, 1.54) is 103 Å². The van der Waals surface area contributed by atoms with E-state index in [-0.39, 0.29) is 18.9 Å². The predicted molar refractivity (Wildman–Crippen MR) is 167 cm³/mol. The number of rotatable bonds is 29. The molecule has 1 amide bonds. The number of hydrogen-bond acceptors (Lipinski definition) is 4. The van der Waals surface area contributed by atoms with E-state index in [2.05, 4.69) is 31.3 Å². The quantitative estimate of drug-likeness (QED) is 0.0556. The first-order chi connectivity index (χ1) is 19.0. The van der Waals surface area contributed by atoms with Crippen molar-refractivity contribution in [3.63, 3.8) is 0 Å². The number of amides is 1.